The molecule has 0 aromatic carbocycles. The van der Waals surface area contributed by atoms with Gasteiger partial charge in [0, 0.05) is 12.3 Å². The normalized spacial score (nSPS) is 25.4. The van der Waals surface area contributed by atoms with Crippen LogP contribution < -0.4 is 0 Å². The number of aliphatic hydroxyl groups excluding tert-OH is 1. The summed E-state index contributed by atoms with van der Waals surface area (Å²) in [6.45, 7) is 7.41. The van der Waals surface area contributed by atoms with Crippen molar-refractivity contribution in [2.75, 3.05) is 13.2 Å². The molecule has 1 aliphatic carbocycles. The lowest BCUT2D eigenvalue weighted by Gasteiger charge is -2.38. The molecule has 19 heavy (non-hydrogen) atoms. The zero-order valence-corrected chi connectivity index (χ0v) is 11.6. The van der Waals surface area contributed by atoms with Gasteiger partial charge in [0.1, 0.15) is 0 Å². The van der Waals surface area contributed by atoms with Crippen LogP contribution in [-0.2, 0) is 19.1 Å². The average molecular weight is 270 g/mol. The van der Waals surface area contributed by atoms with Crippen LogP contribution in [0.3, 0.4) is 0 Å². The van der Waals surface area contributed by atoms with E-state index in [1.807, 2.05) is 0 Å². The van der Waals surface area contributed by atoms with E-state index in [0.717, 1.165) is 0 Å². The molecule has 1 saturated carbocycles. The smallest absolute Gasteiger partial charge is 0.323 e. The summed E-state index contributed by atoms with van der Waals surface area (Å²) in [5.41, 5.74) is -1.37. The average Bonchev–Trinajstić information content (AvgIpc) is 2.39. The van der Waals surface area contributed by atoms with Gasteiger partial charge >= 0.3 is 11.9 Å². The van der Waals surface area contributed by atoms with Crippen LogP contribution in [-0.4, -0.2) is 36.4 Å². The van der Waals surface area contributed by atoms with Crippen molar-refractivity contribution in [3.8, 4) is 0 Å². The second kappa shape index (κ2) is 6.70. The molecule has 0 aromatic rings. The topological polar surface area (TPSA) is 72.8 Å². The monoisotopic (exact) mass is 270 g/mol. The lowest BCUT2D eigenvalue weighted by Crippen LogP contribution is -2.49. The number of ether oxygens (including phenoxy) is 2. The summed E-state index contributed by atoms with van der Waals surface area (Å²) < 4.78 is 9.99. The Labute approximate surface area is 113 Å². The molecule has 0 saturated heterocycles. The molecule has 0 unspecified atom stereocenters. The highest BCUT2D eigenvalue weighted by Crippen LogP contribution is 2.41. The first kappa shape index (κ1) is 15.7. The van der Waals surface area contributed by atoms with Crippen LogP contribution in [0.15, 0.2) is 12.7 Å². The fourth-order valence-corrected chi connectivity index (χ4v) is 2.48. The second-order valence-electron chi connectivity index (χ2n) is 4.73. The highest BCUT2D eigenvalue weighted by Gasteiger charge is 2.53. The predicted molar refractivity (Wildman–Crippen MR) is 69.2 cm³/mol. The van der Waals surface area contributed by atoms with Gasteiger partial charge in [0.25, 0.3) is 0 Å². The van der Waals surface area contributed by atoms with Crippen molar-refractivity contribution in [3.05, 3.63) is 12.7 Å². The molecule has 2 atom stereocenters. The predicted octanol–water partition coefficient (Wildman–Crippen LogP) is 1.45. The molecule has 5 heteroatoms. The van der Waals surface area contributed by atoms with Crippen molar-refractivity contribution < 1.29 is 24.2 Å². The zero-order chi connectivity index (χ0) is 14.5. The van der Waals surface area contributed by atoms with Gasteiger partial charge < -0.3 is 14.6 Å². The molecule has 0 radical (unpaired) electrons. The lowest BCUT2D eigenvalue weighted by molar-refractivity contribution is -0.178. The number of esters is 2. The number of carbonyl (C=O) groups excluding carboxylic acids is 2. The van der Waals surface area contributed by atoms with Gasteiger partial charge in [0.15, 0.2) is 5.41 Å². The van der Waals surface area contributed by atoms with Crippen LogP contribution in [0.25, 0.3) is 0 Å². The molecular formula is C14H22O5. The van der Waals surface area contributed by atoms with Crippen LogP contribution in [0.1, 0.15) is 33.1 Å². The Hall–Kier alpha value is -1.36. The SMILES string of the molecule is C=C[C@H]1CCC(C(=O)OCC)(C(=O)OCC)C[C@@H]1O. The maximum atomic E-state index is 12.1. The number of carbonyl (C=O) groups is 2. The molecule has 0 spiro atoms. The van der Waals surface area contributed by atoms with Crippen LogP contribution >= 0.6 is 0 Å². The molecule has 0 bridgehead atoms. The molecule has 1 N–H and O–H groups in total. The van der Waals surface area contributed by atoms with Gasteiger partial charge in [-0.15, -0.1) is 6.58 Å². The van der Waals surface area contributed by atoms with E-state index in [-0.39, 0.29) is 25.6 Å². The molecule has 0 aromatic heterocycles. The Bertz CT molecular complexity index is 332. The Kier molecular flexibility index (Phi) is 5.54. The number of hydrogen-bond acceptors (Lipinski definition) is 5. The Morgan fingerprint density at radius 1 is 1.32 bits per heavy atom. The summed E-state index contributed by atoms with van der Waals surface area (Å²) in [6, 6.07) is 0. The van der Waals surface area contributed by atoms with Gasteiger partial charge in [-0.3, -0.25) is 9.59 Å². The number of aliphatic hydroxyl groups is 1. The van der Waals surface area contributed by atoms with Crippen LogP contribution in [0.5, 0.6) is 0 Å². The van der Waals surface area contributed by atoms with E-state index in [0.29, 0.717) is 12.8 Å². The maximum Gasteiger partial charge on any atom is 0.323 e. The minimum Gasteiger partial charge on any atom is -0.465 e. The second-order valence-corrected chi connectivity index (χ2v) is 4.73. The Morgan fingerprint density at radius 3 is 2.21 bits per heavy atom. The van der Waals surface area contributed by atoms with Crippen molar-refractivity contribution in [2.24, 2.45) is 11.3 Å². The molecule has 0 heterocycles. The summed E-state index contributed by atoms with van der Waals surface area (Å²) >= 11 is 0. The first-order valence-electron chi connectivity index (χ1n) is 6.66. The zero-order valence-electron chi connectivity index (χ0n) is 11.6. The summed E-state index contributed by atoms with van der Waals surface area (Å²) in [4.78, 5) is 24.2. The van der Waals surface area contributed by atoms with Crippen LogP contribution in [0.4, 0.5) is 0 Å². The van der Waals surface area contributed by atoms with Crippen molar-refractivity contribution in [1.29, 1.82) is 0 Å². The van der Waals surface area contributed by atoms with Crippen LogP contribution in [0.2, 0.25) is 0 Å². The van der Waals surface area contributed by atoms with Crippen molar-refractivity contribution in [3.63, 3.8) is 0 Å². The third-order valence-electron chi connectivity index (χ3n) is 3.59. The first-order valence-corrected chi connectivity index (χ1v) is 6.66. The summed E-state index contributed by atoms with van der Waals surface area (Å²) in [6.07, 6.45) is 1.74. The third kappa shape index (κ3) is 3.15. The van der Waals surface area contributed by atoms with Gasteiger partial charge in [-0.05, 0) is 26.7 Å². The van der Waals surface area contributed by atoms with E-state index in [1.165, 1.54) is 0 Å². The van der Waals surface area contributed by atoms with Gasteiger partial charge in [0.05, 0.1) is 19.3 Å². The van der Waals surface area contributed by atoms with E-state index in [1.54, 1.807) is 19.9 Å². The number of rotatable bonds is 5. The fraction of sp³-hybridized carbons (Fsp3) is 0.714. The van der Waals surface area contributed by atoms with E-state index < -0.39 is 23.5 Å². The van der Waals surface area contributed by atoms with Gasteiger partial charge in [-0.1, -0.05) is 6.08 Å². The largest absolute Gasteiger partial charge is 0.465 e. The highest BCUT2D eigenvalue weighted by molar-refractivity contribution is 6.00. The quantitative estimate of drug-likeness (QED) is 0.465. The highest BCUT2D eigenvalue weighted by atomic mass is 16.6. The van der Waals surface area contributed by atoms with Crippen molar-refractivity contribution in [2.45, 2.75) is 39.2 Å². The summed E-state index contributed by atoms with van der Waals surface area (Å²) in [5.74, 6) is -1.30. The molecular weight excluding hydrogens is 248 g/mol. The minimum atomic E-state index is -1.37. The molecule has 1 aliphatic rings. The summed E-state index contributed by atoms with van der Waals surface area (Å²) in [7, 11) is 0. The fourth-order valence-electron chi connectivity index (χ4n) is 2.48. The third-order valence-corrected chi connectivity index (χ3v) is 3.59. The standard InChI is InChI=1S/C14H22O5/c1-4-10-7-8-14(9-11(10)15,12(16)18-5-2)13(17)19-6-3/h4,10-11,15H,1,5-9H2,2-3H3/t10-,11-/m0/s1. The molecule has 0 amide bonds. The summed E-state index contributed by atoms with van der Waals surface area (Å²) in [5, 5.41) is 10.1. The van der Waals surface area contributed by atoms with Crippen LogP contribution in [0, 0.1) is 11.3 Å². The van der Waals surface area contributed by atoms with E-state index in [9.17, 15) is 14.7 Å². The Morgan fingerprint density at radius 2 is 1.84 bits per heavy atom. The Balaban J connectivity index is 2.97. The van der Waals surface area contributed by atoms with Gasteiger partial charge in [0.2, 0.25) is 0 Å². The lowest BCUT2D eigenvalue weighted by atomic mass is 9.69. The van der Waals surface area contributed by atoms with E-state index >= 15 is 0 Å². The first-order chi connectivity index (χ1) is 9.01. The van der Waals surface area contributed by atoms with Gasteiger partial charge in [-0.25, -0.2) is 0 Å². The molecule has 1 rings (SSSR count). The van der Waals surface area contributed by atoms with Gasteiger partial charge in [-0.2, -0.15) is 0 Å². The van der Waals surface area contributed by atoms with E-state index in [2.05, 4.69) is 6.58 Å². The van der Waals surface area contributed by atoms with Crippen molar-refractivity contribution >= 4 is 11.9 Å². The molecule has 108 valence electrons. The molecule has 5 nitrogen and oxygen atoms in total. The number of hydrogen-bond donors (Lipinski definition) is 1. The van der Waals surface area contributed by atoms with Crippen molar-refractivity contribution in [1.82, 2.24) is 0 Å². The molecule has 0 aliphatic heterocycles. The molecule has 1 fully saturated rings. The maximum absolute atomic E-state index is 12.1. The van der Waals surface area contributed by atoms with E-state index in [4.69, 9.17) is 9.47 Å². The minimum absolute atomic E-state index is 0.0291.